The Balaban J connectivity index is 2.42. The molecule has 0 bridgehead atoms. The van der Waals surface area contributed by atoms with Crippen molar-refractivity contribution in [3.8, 4) is 5.75 Å². The zero-order valence-corrected chi connectivity index (χ0v) is 16.2. The van der Waals surface area contributed by atoms with Gasteiger partial charge in [0.15, 0.2) is 6.79 Å². The van der Waals surface area contributed by atoms with E-state index < -0.39 is 35.1 Å². The summed E-state index contributed by atoms with van der Waals surface area (Å²) in [5, 5.41) is 2.06. The van der Waals surface area contributed by atoms with Gasteiger partial charge in [-0.25, -0.2) is 0 Å². The predicted molar refractivity (Wildman–Crippen MR) is 96.1 cm³/mol. The minimum absolute atomic E-state index is 0.0196. The molecule has 28 heavy (non-hydrogen) atoms. The molecule has 1 N–H and O–H groups in total. The Morgan fingerprint density at radius 2 is 1.57 bits per heavy atom. The third-order valence-electron chi connectivity index (χ3n) is 3.36. The van der Waals surface area contributed by atoms with Crippen molar-refractivity contribution in [1.29, 1.82) is 0 Å². The van der Waals surface area contributed by atoms with E-state index in [4.69, 9.17) is 9.47 Å². The number of ether oxygens (including phenoxy) is 2. The predicted octanol–water partition coefficient (Wildman–Crippen LogP) is 5.56. The second-order valence-corrected chi connectivity index (χ2v) is 6.69. The van der Waals surface area contributed by atoms with Crippen LogP contribution in [0.1, 0.15) is 21.5 Å². The summed E-state index contributed by atoms with van der Waals surface area (Å²) in [4.78, 5) is 12.5. The Morgan fingerprint density at radius 1 is 1.00 bits per heavy atom. The number of amides is 1. The van der Waals surface area contributed by atoms with Gasteiger partial charge >= 0.3 is 12.4 Å². The Hall–Kier alpha value is -2.02. The van der Waals surface area contributed by atoms with Crippen LogP contribution in [0.25, 0.3) is 0 Å². The number of halogens is 7. The van der Waals surface area contributed by atoms with Crippen molar-refractivity contribution in [2.45, 2.75) is 12.4 Å². The highest BCUT2D eigenvalue weighted by atomic mass is 127. The number of nitrogens with one attached hydrogen (secondary N) is 1. The highest BCUT2D eigenvalue weighted by molar-refractivity contribution is 14.1. The second-order valence-electron chi connectivity index (χ2n) is 5.44. The van der Waals surface area contributed by atoms with Gasteiger partial charge in [0.25, 0.3) is 5.91 Å². The number of hydrogen-bond acceptors (Lipinski definition) is 3. The molecule has 0 aliphatic rings. The van der Waals surface area contributed by atoms with Crippen molar-refractivity contribution in [2.75, 3.05) is 19.2 Å². The van der Waals surface area contributed by atoms with E-state index in [2.05, 4.69) is 5.32 Å². The van der Waals surface area contributed by atoms with Crippen molar-refractivity contribution in [3.63, 3.8) is 0 Å². The molecule has 0 aromatic heterocycles. The van der Waals surface area contributed by atoms with Crippen LogP contribution in [0.2, 0.25) is 0 Å². The lowest BCUT2D eigenvalue weighted by molar-refractivity contribution is -0.143. The third-order valence-corrected chi connectivity index (χ3v) is 4.04. The van der Waals surface area contributed by atoms with Crippen molar-refractivity contribution in [1.82, 2.24) is 0 Å². The maximum absolute atomic E-state index is 12.9. The molecule has 0 radical (unpaired) electrons. The van der Waals surface area contributed by atoms with E-state index in [-0.39, 0.29) is 24.2 Å². The maximum atomic E-state index is 12.9. The largest absolute Gasteiger partial charge is 0.467 e. The number of carbonyl (C=O) groups excluding carboxylic acids is 1. The first kappa shape index (κ1) is 22.3. The molecule has 0 spiro atoms. The molecule has 2 rings (SSSR count). The van der Waals surface area contributed by atoms with Gasteiger partial charge in [0.1, 0.15) is 5.75 Å². The van der Waals surface area contributed by atoms with Crippen LogP contribution in [-0.4, -0.2) is 19.8 Å². The van der Waals surface area contributed by atoms with E-state index >= 15 is 0 Å². The summed E-state index contributed by atoms with van der Waals surface area (Å²) in [6.45, 7) is -0.206. The zero-order chi connectivity index (χ0) is 21.1. The molecule has 11 heteroatoms. The number of anilines is 1. The lowest BCUT2D eigenvalue weighted by Crippen LogP contribution is -2.17. The number of hydrogen-bond donors (Lipinski definition) is 1. The van der Waals surface area contributed by atoms with E-state index in [9.17, 15) is 31.1 Å². The van der Waals surface area contributed by atoms with Crippen LogP contribution in [0, 0.1) is 3.57 Å². The van der Waals surface area contributed by atoms with E-state index in [1.807, 2.05) is 22.6 Å². The summed E-state index contributed by atoms with van der Waals surface area (Å²) in [5.41, 5.74) is -3.79. The molecule has 0 aliphatic carbocycles. The molecule has 0 atom stereocenters. The van der Waals surface area contributed by atoms with Crippen LogP contribution in [-0.2, 0) is 17.1 Å². The van der Waals surface area contributed by atoms with Gasteiger partial charge in [0.2, 0.25) is 0 Å². The van der Waals surface area contributed by atoms with Gasteiger partial charge in [0.05, 0.1) is 16.7 Å². The number of rotatable bonds is 5. The van der Waals surface area contributed by atoms with Gasteiger partial charge in [0, 0.05) is 16.4 Å². The summed E-state index contributed by atoms with van der Waals surface area (Å²) in [6.07, 6.45) is -10.0. The van der Waals surface area contributed by atoms with Crippen molar-refractivity contribution in [2.24, 2.45) is 0 Å². The number of benzene rings is 2. The van der Waals surface area contributed by atoms with Crippen LogP contribution < -0.4 is 10.1 Å². The van der Waals surface area contributed by atoms with Crippen LogP contribution in [0.15, 0.2) is 36.4 Å². The molecule has 152 valence electrons. The first-order valence-electron chi connectivity index (χ1n) is 7.44. The molecule has 4 nitrogen and oxygen atoms in total. The number of carbonyl (C=O) groups is 1. The Morgan fingerprint density at radius 3 is 2.07 bits per heavy atom. The summed E-state index contributed by atoms with van der Waals surface area (Å²) in [5.74, 6) is -0.875. The summed E-state index contributed by atoms with van der Waals surface area (Å²) >= 11 is 1.89. The fourth-order valence-corrected chi connectivity index (χ4v) is 2.64. The van der Waals surface area contributed by atoms with Gasteiger partial charge in [-0.3, -0.25) is 4.79 Å². The molecule has 0 fully saturated rings. The summed E-state index contributed by atoms with van der Waals surface area (Å²) in [7, 11) is 1.34. The minimum Gasteiger partial charge on any atom is -0.467 e. The standard InChI is InChI=1S/C17H12F6INO3/c1-27-8-28-14-3-2-11(24)7-13(14)15(26)25-12-5-9(16(18,19)20)4-10(6-12)17(21,22)23/h2-7H,8H2,1H3,(H,25,26). The van der Waals surface area contributed by atoms with Gasteiger partial charge in [-0.2, -0.15) is 26.3 Å². The van der Waals surface area contributed by atoms with Crippen molar-refractivity contribution < 1.29 is 40.6 Å². The van der Waals surface area contributed by atoms with E-state index in [0.29, 0.717) is 15.7 Å². The lowest BCUT2D eigenvalue weighted by atomic mass is 10.1. The molecule has 0 aliphatic heterocycles. The van der Waals surface area contributed by atoms with Gasteiger partial charge in [-0.15, -0.1) is 0 Å². The molecular weight excluding hydrogens is 507 g/mol. The average molecular weight is 519 g/mol. The smallest absolute Gasteiger partial charge is 0.416 e. The maximum Gasteiger partial charge on any atom is 0.416 e. The third kappa shape index (κ3) is 5.74. The van der Waals surface area contributed by atoms with Crippen molar-refractivity contribution >= 4 is 34.2 Å². The highest BCUT2D eigenvalue weighted by Gasteiger charge is 2.37. The fraction of sp³-hybridized carbons (Fsp3) is 0.235. The molecule has 0 saturated carbocycles. The number of alkyl halides is 6. The SMILES string of the molecule is COCOc1ccc(I)cc1C(=O)Nc1cc(C(F)(F)F)cc(C(F)(F)F)c1. The molecule has 1 amide bonds. The van der Waals surface area contributed by atoms with E-state index in [1.165, 1.54) is 19.2 Å². The first-order valence-corrected chi connectivity index (χ1v) is 8.52. The Bertz CT molecular complexity index is 835. The number of methoxy groups -OCH3 is 1. The molecule has 0 saturated heterocycles. The Labute approximate surface area is 169 Å². The average Bonchev–Trinajstić information content (AvgIpc) is 2.58. The van der Waals surface area contributed by atoms with Crippen molar-refractivity contribution in [3.05, 3.63) is 56.7 Å². The summed E-state index contributed by atoms with van der Waals surface area (Å²) in [6, 6.07) is 5.25. The van der Waals surface area contributed by atoms with E-state index in [1.54, 1.807) is 6.07 Å². The van der Waals surface area contributed by atoms with Crippen LogP contribution in [0.4, 0.5) is 32.0 Å². The van der Waals surface area contributed by atoms with E-state index in [0.717, 1.165) is 0 Å². The van der Waals surface area contributed by atoms with Gasteiger partial charge in [-0.05, 0) is 59.0 Å². The minimum atomic E-state index is -5.02. The first-order chi connectivity index (χ1) is 12.9. The van der Waals surface area contributed by atoms with Crippen LogP contribution in [0.3, 0.4) is 0 Å². The fourth-order valence-electron chi connectivity index (χ4n) is 2.15. The summed E-state index contributed by atoms with van der Waals surface area (Å²) < 4.78 is 88.2. The quantitative estimate of drug-likeness (QED) is 0.320. The molecular formula is C17H12F6INO3. The normalized spacial score (nSPS) is 12.0. The second kappa shape index (κ2) is 8.55. The van der Waals surface area contributed by atoms with Crippen LogP contribution in [0.5, 0.6) is 5.75 Å². The van der Waals surface area contributed by atoms with Crippen LogP contribution >= 0.6 is 22.6 Å². The molecule has 0 heterocycles. The molecule has 0 unspecified atom stereocenters. The monoisotopic (exact) mass is 519 g/mol. The Kier molecular flexibility index (Phi) is 6.80. The molecule has 2 aromatic carbocycles. The zero-order valence-electron chi connectivity index (χ0n) is 14.0. The highest BCUT2D eigenvalue weighted by Crippen LogP contribution is 2.37. The van der Waals surface area contributed by atoms with Gasteiger partial charge in [-0.1, -0.05) is 0 Å². The van der Waals surface area contributed by atoms with Gasteiger partial charge < -0.3 is 14.8 Å². The lowest BCUT2D eigenvalue weighted by Gasteiger charge is -2.16. The molecule has 2 aromatic rings. The topological polar surface area (TPSA) is 47.6 Å².